The molecule has 0 saturated heterocycles. The molecule has 1 atom stereocenters. The van der Waals surface area contributed by atoms with Gasteiger partial charge in [-0.15, -0.1) is 11.6 Å². The number of nitrogens with zero attached hydrogens (tertiary/aromatic N) is 3. The highest BCUT2D eigenvalue weighted by Crippen LogP contribution is 2.21. The van der Waals surface area contributed by atoms with E-state index in [0.717, 1.165) is 22.7 Å². The van der Waals surface area contributed by atoms with Crippen LogP contribution in [0.1, 0.15) is 24.5 Å². The summed E-state index contributed by atoms with van der Waals surface area (Å²) in [7, 11) is -3.07. The van der Waals surface area contributed by atoms with Gasteiger partial charge in [-0.1, -0.05) is 0 Å². The Bertz CT molecular complexity index is 725. The summed E-state index contributed by atoms with van der Waals surface area (Å²) in [5, 5.41) is 0. The van der Waals surface area contributed by atoms with E-state index in [4.69, 9.17) is 11.6 Å². The number of imidazole rings is 1. The van der Waals surface area contributed by atoms with E-state index in [0.29, 0.717) is 12.3 Å². The van der Waals surface area contributed by atoms with E-state index in [1.807, 2.05) is 30.5 Å². The second-order valence-corrected chi connectivity index (χ2v) is 7.64. The molecule has 0 N–H and O–H groups in total. The molecule has 110 valence electrons. The predicted octanol–water partition coefficient (Wildman–Crippen LogP) is 2.13. The molecular weight excluding hydrogens is 298 g/mol. The van der Waals surface area contributed by atoms with Crippen molar-refractivity contribution in [2.45, 2.75) is 26.3 Å². The number of sulfone groups is 1. The number of rotatable bonds is 5. The van der Waals surface area contributed by atoms with E-state index < -0.39 is 9.84 Å². The van der Waals surface area contributed by atoms with Crippen LogP contribution in [-0.2, 0) is 16.3 Å². The number of aryl methyl sites for hydroxylation is 2. The monoisotopic (exact) mass is 315 g/mol. The molecule has 0 aliphatic carbocycles. The maximum absolute atomic E-state index is 11.5. The van der Waals surface area contributed by atoms with Gasteiger partial charge < -0.3 is 4.57 Å². The number of pyridine rings is 1. The van der Waals surface area contributed by atoms with Crippen molar-refractivity contribution in [3.05, 3.63) is 23.7 Å². The second kappa shape index (κ2) is 5.69. The van der Waals surface area contributed by atoms with Crippen molar-refractivity contribution in [1.82, 2.24) is 14.5 Å². The first-order valence-corrected chi connectivity index (χ1v) is 8.99. The predicted molar refractivity (Wildman–Crippen MR) is 81.1 cm³/mol. The number of fused-ring (bicyclic) bond motifs is 1. The van der Waals surface area contributed by atoms with Crippen LogP contribution in [0, 0.1) is 6.92 Å². The lowest BCUT2D eigenvalue weighted by molar-refractivity contribution is 0.555. The van der Waals surface area contributed by atoms with Gasteiger partial charge >= 0.3 is 0 Å². The maximum Gasteiger partial charge on any atom is 0.160 e. The average molecular weight is 316 g/mol. The Morgan fingerprint density at radius 2 is 2.05 bits per heavy atom. The lowest BCUT2D eigenvalue weighted by Gasteiger charge is -2.16. The lowest BCUT2D eigenvalue weighted by Crippen LogP contribution is -2.19. The molecule has 0 aliphatic heterocycles. The second-order valence-electron chi connectivity index (χ2n) is 5.07. The molecule has 20 heavy (non-hydrogen) atoms. The summed E-state index contributed by atoms with van der Waals surface area (Å²) in [5.74, 6) is 1.28. The van der Waals surface area contributed by atoms with Gasteiger partial charge in [-0.25, -0.2) is 18.4 Å². The van der Waals surface area contributed by atoms with Gasteiger partial charge in [0.2, 0.25) is 0 Å². The normalized spacial score (nSPS) is 13.8. The van der Waals surface area contributed by atoms with Crippen molar-refractivity contribution in [3.8, 4) is 0 Å². The van der Waals surface area contributed by atoms with Crippen LogP contribution in [-0.4, -0.2) is 40.8 Å². The molecule has 0 bridgehead atoms. The van der Waals surface area contributed by atoms with Crippen molar-refractivity contribution in [2.75, 3.05) is 17.9 Å². The fourth-order valence-electron chi connectivity index (χ4n) is 2.35. The summed E-state index contributed by atoms with van der Waals surface area (Å²) in [5.41, 5.74) is 2.37. The van der Waals surface area contributed by atoms with Gasteiger partial charge in [0.05, 0.1) is 5.75 Å². The number of aromatic nitrogens is 3. The van der Waals surface area contributed by atoms with Gasteiger partial charge in [-0.2, -0.15) is 0 Å². The van der Waals surface area contributed by atoms with E-state index >= 15 is 0 Å². The molecule has 7 heteroatoms. The number of hydrogen-bond acceptors (Lipinski definition) is 4. The Labute approximate surface area is 123 Å². The van der Waals surface area contributed by atoms with E-state index in [9.17, 15) is 8.42 Å². The minimum Gasteiger partial charge on any atom is -0.309 e. The van der Waals surface area contributed by atoms with Gasteiger partial charge in [-0.05, 0) is 26.0 Å². The van der Waals surface area contributed by atoms with Crippen molar-refractivity contribution >= 4 is 32.6 Å². The average Bonchev–Trinajstić information content (AvgIpc) is 2.64. The number of hydrogen-bond donors (Lipinski definition) is 0. The molecule has 0 fully saturated rings. The van der Waals surface area contributed by atoms with Crippen molar-refractivity contribution in [1.29, 1.82) is 0 Å². The molecule has 0 aromatic carbocycles. The molecule has 2 aromatic rings. The zero-order valence-electron chi connectivity index (χ0n) is 11.8. The minimum atomic E-state index is -3.07. The Hall–Kier alpha value is -1.14. The summed E-state index contributed by atoms with van der Waals surface area (Å²) in [6.45, 7) is 3.77. The van der Waals surface area contributed by atoms with Gasteiger partial charge in [0.1, 0.15) is 21.2 Å². The molecule has 2 heterocycles. The Morgan fingerprint density at radius 3 is 2.65 bits per heavy atom. The van der Waals surface area contributed by atoms with Crippen molar-refractivity contribution < 1.29 is 8.42 Å². The van der Waals surface area contributed by atoms with Crippen LogP contribution >= 0.6 is 11.6 Å². The summed E-state index contributed by atoms with van der Waals surface area (Å²) in [6.07, 6.45) is 1.83. The molecule has 2 rings (SSSR count). The Balaban J connectivity index is 2.57. The first-order valence-electron chi connectivity index (χ1n) is 6.40. The quantitative estimate of drug-likeness (QED) is 0.793. The zero-order valence-corrected chi connectivity index (χ0v) is 13.4. The third kappa shape index (κ3) is 3.30. The van der Waals surface area contributed by atoms with Gasteiger partial charge in [0.25, 0.3) is 0 Å². The first-order chi connectivity index (χ1) is 9.31. The van der Waals surface area contributed by atoms with Crippen molar-refractivity contribution in [2.24, 2.45) is 0 Å². The molecule has 1 unspecified atom stereocenters. The lowest BCUT2D eigenvalue weighted by atomic mass is 10.3. The van der Waals surface area contributed by atoms with Crippen molar-refractivity contribution in [3.63, 3.8) is 0 Å². The summed E-state index contributed by atoms with van der Waals surface area (Å²) >= 11 is 5.81. The topological polar surface area (TPSA) is 64.8 Å². The van der Waals surface area contributed by atoms with Crippen LogP contribution in [0.4, 0.5) is 0 Å². The Morgan fingerprint density at radius 1 is 1.35 bits per heavy atom. The molecule has 0 saturated carbocycles. The largest absolute Gasteiger partial charge is 0.309 e. The van der Waals surface area contributed by atoms with E-state index in [1.54, 1.807) is 0 Å². The first kappa shape index (κ1) is 15.3. The van der Waals surface area contributed by atoms with Crippen LogP contribution in [0.2, 0.25) is 0 Å². The number of alkyl halides is 1. The fraction of sp³-hybridized carbons (Fsp3) is 0.538. The summed E-state index contributed by atoms with van der Waals surface area (Å²) in [6, 6.07) is 3.58. The van der Waals surface area contributed by atoms with E-state index in [2.05, 4.69) is 9.97 Å². The van der Waals surface area contributed by atoms with Gasteiger partial charge in [0.15, 0.2) is 5.65 Å². The minimum absolute atomic E-state index is 0.0589. The van der Waals surface area contributed by atoms with E-state index in [1.165, 1.54) is 6.26 Å². The standard InChI is InChI=1S/C13H18ClN3O2S/c1-9-4-5-11-13(15-9)17(12(16-11)6-7-14)10(2)8-20(3,18)19/h4-5,10H,6-8H2,1-3H3. The fourth-order valence-corrected chi connectivity index (χ4v) is 3.55. The summed E-state index contributed by atoms with van der Waals surface area (Å²) < 4.78 is 25.0. The molecule has 5 nitrogen and oxygen atoms in total. The Kier molecular flexibility index (Phi) is 4.34. The maximum atomic E-state index is 11.5. The highest BCUT2D eigenvalue weighted by molar-refractivity contribution is 7.90. The molecule has 0 spiro atoms. The summed E-state index contributed by atoms with van der Waals surface area (Å²) in [4.78, 5) is 9.01. The van der Waals surface area contributed by atoms with Crippen LogP contribution in [0.25, 0.3) is 11.2 Å². The van der Waals surface area contributed by atoms with E-state index in [-0.39, 0.29) is 11.8 Å². The number of halogens is 1. The third-order valence-electron chi connectivity index (χ3n) is 3.05. The van der Waals surface area contributed by atoms with Crippen LogP contribution in [0.5, 0.6) is 0 Å². The highest BCUT2D eigenvalue weighted by Gasteiger charge is 2.20. The molecular formula is C13H18ClN3O2S. The SMILES string of the molecule is Cc1ccc2nc(CCCl)n(C(C)CS(C)(=O)=O)c2n1. The van der Waals surface area contributed by atoms with Gasteiger partial charge in [-0.3, -0.25) is 0 Å². The molecule has 2 aromatic heterocycles. The molecule has 0 radical (unpaired) electrons. The van der Waals surface area contributed by atoms with Crippen LogP contribution in [0.3, 0.4) is 0 Å². The van der Waals surface area contributed by atoms with Crippen LogP contribution < -0.4 is 0 Å². The highest BCUT2D eigenvalue weighted by atomic mass is 35.5. The zero-order chi connectivity index (χ0) is 14.9. The third-order valence-corrected chi connectivity index (χ3v) is 4.33. The van der Waals surface area contributed by atoms with Crippen LogP contribution in [0.15, 0.2) is 12.1 Å². The molecule has 0 aliphatic rings. The van der Waals surface area contributed by atoms with Gasteiger partial charge in [0, 0.05) is 30.3 Å². The smallest absolute Gasteiger partial charge is 0.160 e. The molecule has 0 amide bonds.